The topological polar surface area (TPSA) is 75.7 Å². The van der Waals surface area contributed by atoms with Crippen LogP contribution in [0, 0.1) is 6.92 Å². The summed E-state index contributed by atoms with van der Waals surface area (Å²) < 4.78 is 29.9. The third-order valence-electron chi connectivity index (χ3n) is 3.97. The van der Waals surface area contributed by atoms with E-state index >= 15 is 0 Å². The maximum absolute atomic E-state index is 12.2. The molecular formula is C19H24N2O4S. The van der Waals surface area contributed by atoms with Crippen LogP contribution in [-0.4, -0.2) is 33.7 Å². The molecule has 0 aliphatic heterocycles. The van der Waals surface area contributed by atoms with E-state index in [0.29, 0.717) is 18.0 Å². The van der Waals surface area contributed by atoms with Gasteiger partial charge in [-0.05, 0) is 43.7 Å². The molecule has 0 bridgehead atoms. The molecule has 0 saturated carbocycles. The molecule has 0 spiro atoms. The molecule has 0 radical (unpaired) electrons. The number of hydrogen-bond acceptors (Lipinski definition) is 4. The van der Waals surface area contributed by atoms with Crippen molar-refractivity contribution >= 4 is 21.6 Å². The first-order valence-corrected chi connectivity index (χ1v) is 10.1. The van der Waals surface area contributed by atoms with Crippen LogP contribution >= 0.6 is 0 Å². The quantitative estimate of drug-likeness (QED) is 0.805. The van der Waals surface area contributed by atoms with Crippen LogP contribution in [-0.2, 0) is 21.4 Å². The summed E-state index contributed by atoms with van der Waals surface area (Å²) in [7, 11) is -1.83. The van der Waals surface area contributed by atoms with Crippen LogP contribution < -0.4 is 14.4 Å². The number of rotatable bonds is 7. The third-order valence-corrected chi connectivity index (χ3v) is 5.17. The summed E-state index contributed by atoms with van der Waals surface area (Å²) in [5.41, 5.74) is 2.71. The molecule has 0 aliphatic rings. The minimum absolute atomic E-state index is 0.220. The van der Waals surface area contributed by atoms with Gasteiger partial charge in [-0.1, -0.05) is 29.8 Å². The van der Waals surface area contributed by atoms with Gasteiger partial charge >= 0.3 is 0 Å². The Balaban J connectivity index is 1.91. The normalized spacial score (nSPS) is 12.3. The van der Waals surface area contributed by atoms with Crippen molar-refractivity contribution in [2.24, 2.45) is 0 Å². The highest BCUT2D eigenvalue weighted by molar-refractivity contribution is 7.92. The Kier molecular flexibility index (Phi) is 6.26. The van der Waals surface area contributed by atoms with Gasteiger partial charge in [0.1, 0.15) is 5.75 Å². The molecule has 0 saturated heterocycles. The molecule has 7 heteroatoms. The van der Waals surface area contributed by atoms with Gasteiger partial charge in [0.05, 0.1) is 11.9 Å². The fraction of sp³-hybridized carbons (Fsp3) is 0.316. The van der Waals surface area contributed by atoms with Crippen molar-refractivity contribution in [2.75, 3.05) is 17.6 Å². The van der Waals surface area contributed by atoms with E-state index in [9.17, 15) is 13.2 Å². The number of amides is 1. The summed E-state index contributed by atoms with van der Waals surface area (Å²) in [6.45, 7) is 4.11. The second kappa shape index (κ2) is 8.23. The van der Waals surface area contributed by atoms with Crippen molar-refractivity contribution in [1.82, 2.24) is 5.32 Å². The number of ether oxygens (including phenoxy) is 1. The number of carbonyl (C=O) groups is 1. The maximum atomic E-state index is 12.2. The first-order chi connectivity index (χ1) is 12.2. The molecule has 2 rings (SSSR count). The lowest BCUT2D eigenvalue weighted by Crippen LogP contribution is -2.35. The van der Waals surface area contributed by atoms with Crippen LogP contribution in [0.4, 0.5) is 5.69 Å². The summed E-state index contributed by atoms with van der Waals surface area (Å²) in [6.07, 6.45) is 0.469. The highest BCUT2D eigenvalue weighted by Gasteiger charge is 2.15. The molecule has 0 fully saturated rings. The van der Waals surface area contributed by atoms with Gasteiger partial charge in [0.15, 0.2) is 6.10 Å². The number of aryl methyl sites for hydroxylation is 1. The molecule has 1 amide bonds. The van der Waals surface area contributed by atoms with Crippen LogP contribution in [0.15, 0.2) is 48.5 Å². The van der Waals surface area contributed by atoms with Crippen LogP contribution in [0.3, 0.4) is 0 Å². The Morgan fingerprint density at radius 3 is 2.23 bits per heavy atom. The Morgan fingerprint density at radius 1 is 1.12 bits per heavy atom. The SMILES string of the molecule is Cc1ccc(CNC(=O)[C@H](C)Oc2ccc(N(C)S(C)(=O)=O)cc2)cc1. The minimum atomic E-state index is -3.31. The molecule has 0 aliphatic carbocycles. The Morgan fingerprint density at radius 2 is 1.69 bits per heavy atom. The predicted octanol–water partition coefficient (Wildman–Crippen LogP) is 2.47. The van der Waals surface area contributed by atoms with E-state index in [-0.39, 0.29) is 5.91 Å². The van der Waals surface area contributed by atoms with Gasteiger partial charge in [-0.3, -0.25) is 9.10 Å². The fourth-order valence-corrected chi connectivity index (χ4v) is 2.73. The van der Waals surface area contributed by atoms with Crippen molar-refractivity contribution in [3.05, 3.63) is 59.7 Å². The molecule has 140 valence electrons. The average molecular weight is 376 g/mol. The molecule has 0 heterocycles. The number of sulfonamides is 1. The second-order valence-corrected chi connectivity index (χ2v) is 8.20. The van der Waals surface area contributed by atoms with E-state index in [4.69, 9.17) is 4.74 Å². The van der Waals surface area contributed by atoms with Crippen LogP contribution in [0.5, 0.6) is 5.75 Å². The van der Waals surface area contributed by atoms with E-state index < -0.39 is 16.1 Å². The van der Waals surface area contributed by atoms with E-state index in [2.05, 4.69) is 5.32 Å². The third kappa shape index (κ3) is 5.49. The van der Waals surface area contributed by atoms with Crippen molar-refractivity contribution in [1.29, 1.82) is 0 Å². The summed E-state index contributed by atoms with van der Waals surface area (Å²) >= 11 is 0. The van der Waals surface area contributed by atoms with Crippen LogP contribution in [0.1, 0.15) is 18.1 Å². The Labute approximate surface area is 154 Å². The van der Waals surface area contributed by atoms with E-state index in [1.807, 2.05) is 31.2 Å². The summed E-state index contributed by atoms with van der Waals surface area (Å²) in [5, 5.41) is 2.84. The number of carbonyl (C=O) groups excluding carboxylic acids is 1. The molecule has 1 N–H and O–H groups in total. The molecule has 2 aromatic carbocycles. The van der Waals surface area contributed by atoms with Crippen molar-refractivity contribution < 1.29 is 17.9 Å². The zero-order valence-corrected chi connectivity index (χ0v) is 16.2. The number of nitrogens with one attached hydrogen (secondary N) is 1. The van der Waals surface area contributed by atoms with Gasteiger partial charge in [0.25, 0.3) is 5.91 Å². The maximum Gasteiger partial charge on any atom is 0.261 e. The van der Waals surface area contributed by atoms with E-state index in [0.717, 1.165) is 11.8 Å². The lowest BCUT2D eigenvalue weighted by molar-refractivity contribution is -0.127. The van der Waals surface area contributed by atoms with Crippen LogP contribution in [0.25, 0.3) is 0 Å². The van der Waals surface area contributed by atoms with E-state index in [1.54, 1.807) is 31.2 Å². The lowest BCUT2D eigenvalue weighted by Gasteiger charge is -2.18. The lowest BCUT2D eigenvalue weighted by atomic mass is 10.1. The number of anilines is 1. The second-order valence-electron chi connectivity index (χ2n) is 6.19. The summed E-state index contributed by atoms with van der Waals surface area (Å²) in [5.74, 6) is 0.275. The van der Waals surface area contributed by atoms with Gasteiger partial charge < -0.3 is 10.1 Å². The zero-order valence-electron chi connectivity index (χ0n) is 15.4. The molecule has 0 aromatic heterocycles. The number of hydrogen-bond donors (Lipinski definition) is 1. The Bertz CT molecular complexity index is 846. The summed E-state index contributed by atoms with van der Waals surface area (Å²) in [4.78, 5) is 12.2. The van der Waals surface area contributed by atoms with Crippen LogP contribution in [0.2, 0.25) is 0 Å². The molecule has 0 unspecified atom stereocenters. The standard InChI is InChI=1S/C19H24N2O4S/c1-14-5-7-16(8-6-14)13-20-19(22)15(2)25-18-11-9-17(10-12-18)21(3)26(4,23)24/h5-12,15H,13H2,1-4H3,(H,20,22)/t15-/m0/s1. The monoisotopic (exact) mass is 376 g/mol. The first kappa shape index (κ1) is 19.8. The molecule has 2 aromatic rings. The molecule has 1 atom stereocenters. The molecule has 6 nitrogen and oxygen atoms in total. The van der Waals surface area contributed by atoms with Gasteiger partial charge in [-0.2, -0.15) is 0 Å². The smallest absolute Gasteiger partial charge is 0.261 e. The first-order valence-electron chi connectivity index (χ1n) is 8.20. The predicted molar refractivity (Wildman–Crippen MR) is 103 cm³/mol. The van der Waals surface area contributed by atoms with Gasteiger partial charge in [0, 0.05) is 13.6 Å². The van der Waals surface area contributed by atoms with Crippen molar-refractivity contribution in [2.45, 2.75) is 26.5 Å². The number of nitrogens with zero attached hydrogens (tertiary/aromatic N) is 1. The largest absolute Gasteiger partial charge is 0.481 e. The van der Waals surface area contributed by atoms with Gasteiger partial charge in [-0.15, -0.1) is 0 Å². The minimum Gasteiger partial charge on any atom is -0.481 e. The highest BCUT2D eigenvalue weighted by Crippen LogP contribution is 2.21. The average Bonchev–Trinajstić information content (AvgIpc) is 2.60. The zero-order chi connectivity index (χ0) is 19.3. The van der Waals surface area contributed by atoms with Crippen molar-refractivity contribution in [3.63, 3.8) is 0 Å². The Hall–Kier alpha value is -2.54. The number of benzene rings is 2. The van der Waals surface area contributed by atoms with Gasteiger partial charge in [0.2, 0.25) is 10.0 Å². The van der Waals surface area contributed by atoms with Crippen molar-refractivity contribution in [3.8, 4) is 5.75 Å². The summed E-state index contributed by atoms with van der Waals surface area (Å²) in [6, 6.07) is 14.5. The molecule has 26 heavy (non-hydrogen) atoms. The molecular weight excluding hydrogens is 352 g/mol. The van der Waals surface area contributed by atoms with Gasteiger partial charge in [-0.25, -0.2) is 8.42 Å². The van der Waals surface area contributed by atoms with E-state index in [1.165, 1.54) is 16.9 Å². The fourth-order valence-electron chi connectivity index (χ4n) is 2.22. The highest BCUT2D eigenvalue weighted by atomic mass is 32.2.